The first-order valence-corrected chi connectivity index (χ1v) is 8.91. The number of carboxylic acid groups (broad SMARTS) is 1. The van der Waals surface area contributed by atoms with E-state index in [9.17, 15) is 14.9 Å². The normalized spacial score (nSPS) is 11.5. The van der Waals surface area contributed by atoms with Crippen molar-refractivity contribution in [3.63, 3.8) is 0 Å². The summed E-state index contributed by atoms with van der Waals surface area (Å²) < 4.78 is 0. The third-order valence-electron chi connectivity index (χ3n) is 3.85. The minimum absolute atomic E-state index is 0.117. The van der Waals surface area contributed by atoms with Crippen molar-refractivity contribution in [2.24, 2.45) is 0 Å². The minimum Gasteiger partial charge on any atom is -0.476 e. The van der Waals surface area contributed by atoms with Crippen LogP contribution in [0.3, 0.4) is 0 Å². The Kier molecular flexibility index (Phi) is 14.3. The van der Waals surface area contributed by atoms with Crippen LogP contribution < -0.4 is 0 Å². The predicted octanol–water partition coefficient (Wildman–Crippen LogP) is 4.81. The van der Waals surface area contributed by atoms with Gasteiger partial charge in [-0.15, -0.1) is 11.8 Å². The molecule has 0 amide bonds. The molecule has 23 heavy (non-hydrogen) atoms. The Balaban J connectivity index is 3.41. The van der Waals surface area contributed by atoms with Gasteiger partial charge in [0.15, 0.2) is 0 Å². The van der Waals surface area contributed by atoms with Crippen LogP contribution in [0.4, 0.5) is 0 Å². The summed E-state index contributed by atoms with van der Waals surface area (Å²) in [5.74, 6) is 5.03. The average molecular weight is 325 g/mol. The maximum atomic E-state index is 10.6. The Hall–Kier alpha value is -1.57. The van der Waals surface area contributed by atoms with Crippen LogP contribution in [0.15, 0.2) is 0 Å². The van der Waals surface area contributed by atoms with Crippen LogP contribution in [0.25, 0.3) is 0 Å². The van der Waals surface area contributed by atoms with Gasteiger partial charge >= 0.3 is 12.0 Å². The van der Waals surface area contributed by atoms with Crippen molar-refractivity contribution < 1.29 is 14.8 Å². The van der Waals surface area contributed by atoms with Gasteiger partial charge in [-0.2, -0.15) is 0 Å². The summed E-state index contributed by atoms with van der Waals surface area (Å²) in [6.07, 6.45) is 13.1. The van der Waals surface area contributed by atoms with Crippen molar-refractivity contribution >= 4 is 5.97 Å². The first kappa shape index (κ1) is 21.4. The van der Waals surface area contributed by atoms with Crippen LogP contribution in [0.1, 0.15) is 90.4 Å². The van der Waals surface area contributed by atoms with Gasteiger partial charge in [0.1, 0.15) is 0 Å². The number of hydrogen-bond donors (Lipinski definition) is 1. The molecular weight excluding hydrogens is 294 g/mol. The van der Waals surface area contributed by atoms with E-state index in [1.807, 2.05) is 0 Å². The number of nitro groups is 1. The molecule has 1 unspecified atom stereocenters. The second-order valence-electron chi connectivity index (χ2n) is 5.96. The van der Waals surface area contributed by atoms with E-state index < -0.39 is 16.9 Å². The van der Waals surface area contributed by atoms with Crippen molar-refractivity contribution in [3.05, 3.63) is 10.1 Å². The van der Waals surface area contributed by atoms with Crippen molar-refractivity contribution in [2.75, 3.05) is 0 Å². The van der Waals surface area contributed by atoms with E-state index in [2.05, 4.69) is 18.8 Å². The zero-order valence-electron chi connectivity index (χ0n) is 14.4. The molecular formula is C18H31NO4. The highest BCUT2D eigenvalue weighted by Gasteiger charge is 2.27. The first-order valence-electron chi connectivity index (χ1n) is 8.91. The van der Waals surface area contributed by atoms with E-state index in [0.29, 0.717) is 6.42 Å². The quantitative estimate of drug-likeness (QED) is 0.215. The molecule has 0 aliphatic rings. The third-order valence-corrected chi connectivity index (χ3v) is 3.85. The molecule has 132 valence electrons. The van der Waals surface area contributed by atoms with Crippen molar-refractivity contribution in [3.8, 4) is 11.8 Å². The van der Waals surface area contributed by atoms with Crippen LogP contribution in [0.2, 0.25) is 0 Å². The SMILES string of the molecule is CCCCCCCCC#CCCCCCCC(C(=O)O)[N+](=O)[O-]. The molecule has 0 aliphatic heterocycles. The summed E-state index contributed by atoms with van der Waals surface area (Å²) in [5.41, 5.74) is 0. The Morgan fingerprint density at radius 1 is 0.957 bits per heavy atom. The fourth-order valence-corrected chi connectivity index (χ4v) is 2.39. The molecule has 5 nitrogen and oxygen atoms in total. The topological polar surface area (TPSA) is 80.4 Å². The van der Waals surface area contributed by atoms with E-state index in [-0.39, 0.29) is 6.42 Å². The fourth-order valence-electron chi connectivity index (χ4n) is 2.39. The molecule has 0 radical (unpaired) electrons. The smallest absolute Gasteiger partial charge is 0.379 e. The van der Waals surface area contributed by atoms with Crippen LogP contribution in [-0.2, 0) is 4.79 Å². The molecule has 1 N–H and O–H groups in total. The van der Waals surface area contributed by atoms with Crippen LogP contribution in [0, 0.1) is 22.0 Å². The van der Waals surface area contributed by atoms with Crippen molar-refractivity contribution in [2.45, 2.75) is 96.4 Å². The lowest BCUT2D eigenvalue weighted by atomic mass is 10.1. The molecule has 0 spiro atoms. The molecule has 0 saturated heterocycles. The maximum absolute atomic E-state index is 10.6. The zero-order chi connectivity index (χ0) is 17.3. The Bertz CT molecular complexity index is 370. The highest BCUT2D eigenvalue weighted by molar-refractivity contribution is 5.71. The van der Waals surface area contributed by atoms with Crippen LogP contribution in [-0.4, -0.2) is 22.0 Å². The van der Waals surface area contributed by atoms with Crippen molar-refractivity contribution in [1.29, 1.82) is 0 Å². The lowest BCUT2D eigenvalue weighted by molar-refractivity contribution is -0.511. The summed E-state index contributed by atoms with van der Waals surface area (Å²) in [5, 5.41) is 19.2. The summed E-state index contributed by atoms with van der Waals surface area (Å²) in [7, 11) is 0. The number of carbonyl (C=O) groups is 1. The maximum Gasteiger partial charge on any atom is 0.379 e. The molecule has 0 bridgehead atoms. The monoisotopic (exact) mass is 325 g/mol. The largest absolute Gasteiger partial charge is 0.476 e. The highest BCUT2D eigenvalue weighted by Crippen LogP contribution is 2.09. The first-order chi connectivity index (χ1) is 11.1. The highest BCUT2D eigenvalue weighted by atomic mass is 16.6. The lowest BCUT2D eigenvalue weighted by Crippen LogP contribution is -2.28. The van der Waals surface area contributed by atoms with Gasteiger partial charge < -0.3 is 5.11 Å². The number of unbranched alkanes of at least 4 members (excludes halogenated alkanes) is 10. The van der Waals surface area contributed by atoms with Gasteiger partial charge in [0, 0.05) is 24.2 Å². The van der Waals surface area contributed by atoms with Crippen molar-refractivity contribution in [1.82, 2.24) is 0 Å². The summed E-state index contributed by atoms with van der Waals surface area (Å²) in [6, 6.07) is -1.45. The predicted molar refractivity (Wildman–Crippen MR) is 91.9 cm³/mol. The molecule has 5 heteroatoms. The van der Waals surface area contributed by atoms with Gasteiger partial charge in [0.2, 0.25) is 0 Å². The number of aliphatic carboxylic acids is 1. The molecule has 0 aromatic rings. The second-order valence-corrected chi connectivity index (χ2v) is 5.96. The fraction of sp³-hybridized carbons (Fsp3) is 0.833. The van der Waals surface area contributed by atoms with Gasteiger partial charge in [-0.25, -0.2) is 4.79 Å². The van der Waals surface area contributed by atoms with E-state index in [1.165, 1.54) is 38.5 Å². The summed E-state index contributed by atoms with van der Waals surface area (Å²) >= 11 is 0. The standard InChI is InChI=1S/C18H31NO4/c1-2-3-4-5-6-7-8-9-10-11-12-13-14-15-16-17(18(20)21)19(22)23/h17H,2-8,11-16H2,1H3,(H,20,21). The van der Waals surface area contributed by atoms with Gasteiger partial charge in [-0.05, 0) is 19.3 Å². The summed E-state index contributed by atoms with van der Waals surface area (Å²) in [4.78, 5) is 20.4. The van der Waals surface area contributed by atoms with E-state index in [1.54, 1.807) is 0 Å². The van der Waals surface area contributed by atoms with E-state index >= 15 is 0 Å². The minimum atomic E-state index is -1.45. The summed E-state index contributed by atoms with van der Waals surface area (Å²) in [6.45, 7) is 2.22. The average Bonchev–Trinajstić information content (AvgIpc) is 2.50. The second kappa shape index (κ2) is 15.3. The van der Waals surface area contributed by atoms with E-state index in [0.717, 1.165) is 32.1 Å². The van der Waals surface area contributed by atoms with E-state index in [4.69, 9.17) is 5.11 Å². The number of carboxylic acids is 1. The molecule has 0 heterocycles. The molecule has 0 fully saturated rings. The van der Waals surface area contributed by atoms with Crippen LogP contribution in [0.5, 0.6) is 0 Å². The van der Waals surface area contributed by atoms with Gasteiger partial charge in [0.25, 0.3) is 0 Å². The zero-order valence-corrected chi connectivity index (χ0v) is 14.4. The number of hydrogen-bond acceptors (Lipinski definition) is 3. The Morgan fingerprint density at radius 3 is 1.91 bits per heavy atom. The van der Waals surface area contributed by atoms with Crippen LogP contribution >= 0.6 is 0 Å². The number of nitrogens with zero attached hydrogens (tertiary/aromatic N) is 1. The van der Waals surface area contributed by atoms with Gasteiger partial charge in [0.05, 0.1) is 0 Å². The Morgan fingerprint density at radius 2 is 1.43 bits per heavy atom. The molecule has 1 atom stereocenters. The van der Waals surface area contributed by atoms with Gasteiger partial charge in [-0.3, -0.25) is 10.1 Å². The van der Waals surface area contributed by atoms with Gasteiger partial charge in [-0.1, -0.05) is 51.9 Å². The molecule has 0 aromatic carbocycles. The molecule has 0 saturated carbocycles. The number of rotatable bonds is 14. The molecule has 0 aliphatic carbocycles. The lowest BCUT2D eigenvalue weighted by Gasteiger charge is -2.03. The molecule has 0 rings (SSSR count). The third kappa shape index (κ3) is 13.8. The molecule has 0 aromatic heterocycles. The Labute approximate surface area is 140 Å².